The Bertz CT molecular complexity index is 659. The van der Waals surface area contributed by atoms with Gasteiger partial charge in [0.25, 0.3) is 0 Å². The lowest BCUT2D eigenvalue weighted by Crippen LogP contribution is -1.90. The fraction of sp³-hybridized carbons (Fsp3) is 0.0714. The second kappa shape index (κ2) is 3.49. The number of nitrogens with zero attached hydrogens (tertiary/aromatic N) is 1. The van der Waals surface area contributed by atoms with Crippen molar-refractivity contribution in [3.05, 3.63) is 48.5 Å². The van der Waals surface area contributed by atoms with Gasteiger partial charge in [0.15, 0.2) is 0 Å². The van der Waals surface area contributed by atoms with Crippen molar-refractivity contribution in [3.63, 3.8) is 0 Å². The maximum atomic E-state index is 4.65. The molecule has 3 aromatic rings. The molecular weight excluding hydrogens is 196 g/mol. The van der Waals surface area contributed by atoms with Crippen molar-refractivity contribution in [2.24, 2.45) is 0 Å². The summed E-state index contributed by atoms with van der Waals surface area (Å²) in [6, 6.07) is 16.5. The van der Waals surface area contributed by atoms with E-state index in [0.29, 0.717) is 0 Å². The van der Waals surface area contributed by atoms with Crippen molar-refractivity contribution in [2.75, 3.05) is 12.4 Å². The van der Waals surface area contributed by atoms with Crippen LogP contribution in [0, 0.1) is 0 Å². The molecule has 0 saturated heterocycles. The number of aromatic nitrogens is 1. The van der Waals surface area contributed by atoms with Crippen LogP contribution in [-0.2, 0) is 0 Å². The number of para-hydroxylation sites is 1. The highest BCUT2D eigenvalue weighted by molar-refractivity contribution is 5.99. The smallest absolute Gasteiger partial charge is 0.0730 e. The molecule has 3 rings (SSSR count). The lowest BCUT2D eigenvalue weighted by atomic mass is 10.1. The highest BCUT2D eigenvalue weighted by Crippen LogP contribution is 2.25. The van der Waals surface area contributed by atoms with Crippen molar-refractivity contribution in [1.29, 1.82) is 0 Å². The number of anilines is 1. The molecule has 0 saturated carbocycles. The molecule has 0 bridgehead atoms. The fourth-order valence-electron chi connectivity index (χ4n) is 2.02. The number of fused-ring (bicyclic) bond motifs is 2. The molecule has 1 aromatic heterocycles. The Morgan fingerprint density at radius 3 is 2.62 bits per heavy atom. The van der Waals surface area contributed by atoms with Gasteiger partial charge in [0.1, 0.15) is 0 Å². The zero-order valence-electron chi connectivity index (χ0n) is 9.07. The lowest BCUT2D eigenvalue weighted by molar-refractivity contribution is 1.48. The molecule has 0 amide bonds. The Kier molecular flexibility index (Phi) is 2.00. The van der Waals surface area contributed by atoms with E-state index in [4.69, 9.17) is 0 Å². The summed E-state index contributed by atoms with van der Waals surface area (Å²) >= 11 is 0. The SMILES string of the molecule is CNc1cccc2nc3ccccc3cc12. The fourth-order valence-corrected chi connectivity index (χ4v) is 2.02. The van der Waals surface area contributed by atoms with Gasteiger partial charge in [-0.05, 0) is 24.3 Å². The van der Waals surface area contributed by atoms with Crippen LogP contribution in [0.5, 0.6) is 0 Å². The second-order valence-electron chi connectivity index (χ2n) is 3.80. The van der Waals surface area contributed by atoms with Crippen molar-refractivity contribution in [1.82, 2.24) is 4.98 Å². The molecule has 0 radical (unpaired) electrons. The number of nitrogens with one attached hydrogen (secondary N) is 1. The standard InChI is InChI=1S/C14H12N2/c1-15-13-7-4-8-14-11(13)9-10-5-2-3-6-12(10)16-14/h2-9,15H,1H3. The second-order valence-corrected chi connectivity index (χ2v) is 3.80. The first-order valence-electron chi connectivity index (χ1n) is 5.35. The van der Waals surface area contributed by atoms with E-state index < -0.39 is 0 Å². The van der Waals surface area contributed by atoms with Gasteiger partial charge in [0.2, 0.25) is 0 Å². The molecule has 0 unspecified atom stereocenters. The monoisotopic (exact) mass is 208 g/mol. The first kappa shape index (κ1) is 9.16. The third-order valence-electron chi connectivity index (χ3n) is 2.83. The van der Waals surface area contributed by atoms with Gasteiger partial charge in [-0.3, -0.25) is 0 Å². The predicted octanol–water partition coefficient (Wildman–Crippen LogP) is 3.43. The lowest BCUT2D eigenvalue weighted by Gasteiger charge is -2.06. The number of benzene rings is 2. The van der Waals surface area contributed by atoms with E-state index in [1.807, 2.05) is 37.4 Å². The van der Waals surface area contributed by atoms with Gasteiger partial charge in [-0.2, -0.15) is 0 Å². The van der Waals surface area contributed by atoms with E-state index in [1.165, 1.54) is 10.8 Å². The molecule has 2 heteroatoms. The van der Waals surface area contributed by atoms with E-state index in [-0.39, 0.29) is 0 Å². The highest BCUT2D eigenvalue weighted by Gasteiger charge is 2.02. The topological polar surface area (TPSA) is 24.9 Å². The largest absolute Gasteiger partial charge is 0.388 e. The van der Waals surface area contributed by atoms with Gasteiger partial charge in [0, 0.05) is 23.5 Å². The Balaban J connectivity index is 2.46. The Labute approximate surface area is 93.9 Å². The summed E-state index contributed by atoms with van der Waals surface area (Å²) in [4.78, 5) is 4.65. The van der Waals surface area contributed by atoms with Crippen LogP contribution in [0.4, 0.5) is 5.69 Å². The molecule has 2 nitrogen and oxygen atoms in total. The average Bonchev–Trinajstić information content (AvgIpc) is 2.35. The molecule has 1 heterocycles. The average molecular weight is 208 g/mol. The van der Waals surface area contributed by atoms with E-state index in [0.717, 1.165) is 16.7 Å². The van der Waals surface area contributed by atoms with Crippen LogP contribution in [0.1, 0.15) is 0 Å². The first-order valence-corrected chi connectivity index (χ1v) is 5.35. The van der Waals surface area contributed by atoms with Crippen LogP contribution in [0.15, 0.2) is 48.5 Å². The molecule has 1 N–H and O–H groups in total. The van der Waals surface area contributed by atoms with Crippen LogP contribution in [0.25, 0.3) is 21.8 Å². The first-order chi connectivity index (χ1) is 7.88. The van der Waals surface area contributed by atoms with Gasteiger partial charge in [-0.25, -0.2) is 4.98 Å². The Hall–Kier alpha value is -2.09. The molecule has 0 aliphatic carbocycles. The number of pyridine rings is 1. The van der Waals surface area contributed by atoms with Gasteiger partial charge in [-0.15, -0.1) is 0 Å². The van der Waals surface area contributed by atoms with Gasteiger partial charge in [0.05, 0.1) is 11.0 Å². The maximum Gasteiger partial charge on any atom is 0.0730 e. The summed E-state index contributed by atoms with van der Waals surface area (Å²) in [6.45, 7) is 0. The molecule has 0 fully saturated rings. The van der Waals surface area contributed by atoms with Crippen LogP contribution < -0.4 is 5.32 Å². The van der Waals surface area contributed by atoms with E-state index in [9.17, 15) is 0 Å². The number of rotatable bonds is 1. The summed E-state index contributed by atoms with van der Waals surface area (Å²) in [6.07, 6.45) is 0. The Morgan fingerprint density at radius 2 is 1.75 bits per heavy atom. The molecule has 0 atom stereocenters. The predicted molar refractivity (Wildman–Crippen MR) is 68.8 cm³/mol. The third-order valence-corrected chi connectivity index (χ3v) is 2.83. The highest BCUT2D eigenvalue weighted by atomic mass is 14.8. The maximum absolute atomic E-state index is 4.65. The normalized spacial score (nSPS) is 10.8. The zero-order valence-corrected chi connectivity index (χ0v) is 9.07. The van der Waals surface area contributed by atoms with Gasteiger partial charge in [-0.1, -0.05) is 24.3 Å². The van der Waals surface area contributed by atoms with Crippen molar-refractivity contribution < 1.29 is 0 Å². The number of hydrogen-bond acceptors (Lipinski definition) is 2. The molecule has 2 aromatic carbocycles. The van der Waals surface area contributed by atoms with Crippen molar-refractivity contribution >= 4 is 27.5 Å². The summed E-state index contributed by atoms with van der Waals surface area (Å²) in [5.41, 5.74) is 3.20. The van der Waals surface area contributed by atoms with E-state index in [1.54, 1.807) is 0 Å². The van der Waals surface area contributed by atoms with Crippen LogP contribution in [-0.4, -0.2) is 12.0 Å². The van der Waals surface area contributed by atoms with E-state index in [2.05, 4.69) is 28.5 Å². The zero-order chi connectivity index (χ0) is 11.0. The molecule has 16 heavy (non-hydrogen) atoms. The van der Waals surface area contributed by atoms with Gasteiger partial charge < -0.3 is 5.32 Å². The minimum atomic E-state index is 1.03. The number of hydrogen-bond donors (Lipinski definition) is 1. The molecule has 0 spiro atoms. The van der Waals surface area contributed by atoms with Gasteiger partial charge >= 0.3 is 0 Å². The Morgan fingerprint density at radius 1 is 0.938 bits per heavy atom. The summed E-state index contributed by atoms with van der Waals surface area (Å²) in [5, 5.41) is 5.54. The van der Waals surface area contributed by atoms with Crippen LogP contribution in [0.3, 0.4) is 0 Å². The molecule has 0 aliphatic heterocycles. The van der Waals surface area contributed by atoms with Crippen LogP contribution in [0.2, 0.25) is 0 Å². The summed E-state index contributed by atoms with van der Waals surface area (Å²) in [7, 11) is 1.93. The van der Waals surface area contributed by atoms with Crippen LogP contribution >= 0.6 is 0 Å². The summed E-state index contributed by atoms with van der Waals surface area (Å²) in [5.74, 6) is 0. The molecule has 0 aliphatic rings. The summed E-state index contributed by atoms with van der Waals surface area (Å²) < 4.78 is 0. The minimum Gasteiger partial charge on any atom is -0.388 e. The third kappa shape index (κ3) is 1.31. The van der Waals surface area contributed by atoms with Crippen molar-refractivity contribution in [2.45, 2.75) is 0 Å². The van der Waals surface area contributed by atoms with E-state index >= 15 is 0 Å². The quantitative estimate of drug-likeness (QED) is 0.620. The molecule has 78 valence electrons. The minimum absolute atomic E-state index is 1.03. The van der Waals surface area contributed by atoms with Crippen molar-refractivity contribution in [3.8, 4) is 0 Å². The molecular formula is C14H12N2.